The fourth-order valence-corrected chi connectivity index (χ4v) is 3.59. The molecule has 7 heteroatoms. The van der Waals surface area contributed by atoms with E-state index >= 15 is 0 Å². The zero-order valence-electron chi connectivity index (χ0n) is 14.5. The molecular formula is C20H17FN6. The SMILES string of the molecule is Fc1cncc(-c2nc(N[C@H]3CCc4[nH]ccc4C3)c3ncccc3n2)c1. The van der Waals surface area contributed by atoms with E-state index in [-0.39, 0.29) is 6.04 Å². The van der Waals surface area contributed by atoms with Gasteiger partial charge in [-0.3, -0.25) is 9.97 Å². The lowest BCUT2D eigenvalue weighted by atomic mass is 9.93. The van der Waals surface area contributed by atoms with Crippen molar-refractivity contribution in [3.8, 4) is 11.4 Å². The standard InChI is InChI=1S/C20H17FN6/c21-14-8-13(10-22-11-14)19-26-17-2-1-6-24-18(17)20(27-19)25-15-3-4-16-12(9-15)5-7-23-16/h1-2,5-8,10-11,15,23H,3-4,9H2,(H,25,26,27)/t15-/m0/s1. The molecule has 1 aliphatic carbocycles. The number of nitrogens with zero attached hydrogens (tertiary/aromatic N) is 4. The summed E-state index contributed by atoms with van der Waals surface area (Å²) in [5, 5.41) is 3.54. The summed E-state index contributed by atoms with van der Waals surface area (Å²) in [6, 6.07) is 7.49. The molecule has 1 atom stereocenters. The van der Waals surface area contributed by atoms with E-state index in [1.807, 2.05) is 18.3 Å². The van der Waals surface area contributed by atoms with Crippen LogP contribution >= 0.6 is 0 Å². The van der Waals surface area contributed by atoms with Crippen LogP contribution in [-0.4, -0.2) is 31.0 Å². The number of fused-ring (bicyclic) bond motifs is 2. The van der Waals surface area contributed by atoms with Gasteiger partial charge in [0.1, 0.15) is 11.3 Å². The van der Waals surface area contributed by atoms with Crippen LogP contribution in [0, 0.1) is 5.82 Å². The summed E-state index contributed by atoms with van der Waals surface area (Å²) in [7, 11) is 0. The maximum Gasteiger partial charge on any atom is 0.163 e. The molecule has 27 heavy (non-hydrogen) atoms. The number of hydrogen-bond donors (Lipinski definition) is 2. The molecule has 0 aliphatic heterocycles. The van der Waals surface area contributed by atoms with Crippen molar-refractivity contribution in [2.24, 2.45) is 0 Å². The van der Waals surface area contributed by atoms with Crippen LogP contribution in [0.15, 0.2) is 49.1 Å². The Morgan fingerprint density at radius 1 is 1.19 bits per heavy atom. The van der Waals surface area contributed by atoms with Gasteiger partial charge in [-0.25, -0.2) is 14.4 Å². The van der Waals surface area contributed by atoms with Crippen LogP contribution < -0.4 is 5.32 Å². The Kier molecular flexibility index (Phi) is 3.78. The molecule has 0 aromatic carbocycles. The maximum absolute atomic E-state index is 13.6. The summed E-state index contributed by atoms with van der Waals surface area (Å²) in [6.07, 6.45) is 9.38. The van der Waals surface area contributed by atoms with Gasteiger partial charge in [-0.2, -0.15) is 0 Å². The third-order valence-corrected chi connectivity index (χ3v) is 4.90. The number of anilines is 1. The fourth-order valence-electron chi connectivity index (χ4n) is 3.59. The number of H-pyrrole nitrogens is 1. The smallest absolute Gasteiger partial charge is 0.163 e. The lowest BCUT2D eigenvalue weighted by Crippen LogP contribution is -2.27. The molecule has 0 amide bonds. The average molecular weight is 360 g/mol. The van der Waals surface area contributed by atoms with E-state index in [4.69, 9.17) is 0 Å². The van der Waals surface area contributed by atoms with Gasteiger partial charge in [0.05, 0.1) is 11.7 Å². The van der Waals surface area contributed by atoms with Gasteiger partial charge in [-0.1, -0.05) is 0 Å². The summed E-state index contributed by atoms with van der Waals surface area (Å²) in [5.41, 5.74) is 4.61. The van der Waals surface area contributed by atoms with Crippen LogP contribution in [0.3, 0.4) is 0 Å². The molecule has 5 rings (SSSR count). The van der Waals surface area contributed by atoms with Crippen molar-refractivity contribution in [2.75, 3.05) is 5.32 Å². The Hall–Kier alpha value is -3.35. The van der Waals surface area contributed by atoms with Crippen LogP contribution in [0.4, 0.5) is 10.2 Å². The Balaban J connectivity index is 1.55. The van der Waals surface area contributed by atoms with Gasteiger partial charge in [0.25, 0.3) is 0 Å². The first-order valence-electron chi connectivity index (χ1n) is 8.91. The minimum absolute atomic E-state index is 0.256. The molecule has 4 aromatic rings. The molecule has 4 aromatic heterocycles. The lowest BCUT2D eigenvalue weighted by Gasteiger charge is -2.24. The van der Waals surface area contributed by atoms with Crippen molar-refractivity contribution in [1.29, 1.82) is 0 Å². The van der Waals surface area contributed by atoms with E-state index in [9.17, 15) is 4.39 Å². The van der Waals surface area contributed by atoms with Crippen LogP contribution in [0.1, 0.15) is 17.7 Å². The molecule has 0 spiro atoms. The quantitative estimate of drug-likeness (QED) is 0.584. The molecule has 6 nitrogen and oxygen atoms in total. The van der Waals surface area contributed by atoms with E-state index in [1.165, 1.54) is 23.5 Å². The van der Waals surface area contributed by atoms with E-state index in [0.29, 0.717) is 28.2 Å². The number of aromatic nitrogens is 5. The van der Waals surface area contributed by atoms with Crippen molar-refractivity contribution in [3.05, 3.63) is 66.1 Å². The van der Waals surface area contributed by atoms with Crippen LogP contribution in [0.2, 0.25) is 0 Å². The fraction of sp³-hybridized carbons (Fsp3) is 0.200. The van der Waals surface area contributed by atoms with E-state index in [0.717, 1.165) is 19.3 Å². The highest BCUT2D eigenvalue weighted by Gasteiger charge is 2.21. The first kappa shape index (κ1) is 15.9. The molecular weight excluding hydrogens is 343 g/mol. The molecule has 1 aliphatic rings. The molecule has 4 heterocycles. The Morgan fingerprint density at radius 3 is 3.07 bits per heavy atom. The second kappa shape index (κ2) is 6.42. The zero-order chi connectivity index (χ0) is 18.2. The minimum Gasteiger partial charge on any atom is -0.365 e. The highest BCUT2D eigenvalue weighted by atomic mass is 19.1. The average Bonchev–Trinajstić information content (AvgIpc) is 3.16. The van der Waals surface area contributed by atoms with E-state index in [2.05, 4.69) is 36.3 Å². The highest BCUT2D eigenvalue weighted by molar-refractivity contribution is 5.86. The highest BCUT2D eigenvalue weighted by Crippen LogP contribution is 2.27. The second-order valence-corrected chi connectivity index (χ2v) is 6.72. The number of nitrogens with one attached hydrogen (secondary N) is 2. The van der Waals surface area contributed by atoms with Crippen molar-refractivity contribution in [2.45, 2.75) is 25.3 Å². The van der Waals surface area contributed by atoms with Crippen LogP contribution in [-0.2, 0) is 12.8 Å². The Morgan fingerprint density at radius 2 is 2.15 bits per heavy atom. The number of rotatable bonds is 3. The number of aromatic amines is 1. The molecule has 0 saturated heterocycles. The Labute approximate surface area is 154 Å². The van der Waals surface area contributed by atoms with Gasteiger partial charge in [-0.05, 0) is 49.1 Å². The number of pyridine rings is 2. The van der Waals surface area contributed by atoms with Gasteiger partial charge < -0.3 is 10.3 Å². The first-order chi connectivity index (χ1) is 13.3. The van der Waals surface area contributed by atoms with Crippen molar-refractivity contribution in [1.82, 2.24) is 24.9 Å². The summed E-state index contributed by atoms with van der Waals surface area (Å²) in [6.45, 7) is 0. The summed E-state index contributed by atoms with van der Waals surface area (Å²) in [4.78, 5) is 20.9. The van der Waals surface area contributed by atoms with E-state index < -0.39 is 5.82 Å². The molecule has 0 unspecified atom stereocenters. The van der Waals surface area contributed by atoms with Crippen molar-refractivity contribution < 1.29 is 4.39 Å². The van der Waals surface area contributed by atoms with Gasteiger partial charge in [0.2, 0.25) is 0 Å². The molecule has 0 radical (unpaired) electrons. The molecule has 0 bridgehead atoms. The van der Waals surface area contributed by atoms with Crippen molar-refractivity contribution in [3.63, 3.8) is 0 Å². The van der Waals surface area contributed by atoms with E-state index in [1.54, 1.807) is 12.4 Å². The normalized spacial score (nSPS) is 16.3. The third-order valence-electron chi connectivity index (χ3n) is 4.90. The van der Waals surface area contributed by atoms with Crippen molar-refractivity contribution >= 4 is 16.9 Å². The summed E-state index contributed by atoms with van der Waals surface area (Å²) in [5.74, 6) is 0.691. The minimum atomic E-state index is -0.413. The van der Waals surface area contributed by atoms with Gasteiger partial charge in [0, 0.05) is 35.9 Å². The second-order valence-electron chi connectivity index (χ2n) is 6.72. The number of halogens is 1. The largest absolute Gasteiger partial charge is 0.365 e. The maximum atomic E-state index is 13.6. The first-order valence-corrected chi connectivity index (χ1v) is 8.91. The topological polar surface area (TPSA) is 79.4 Å². The number of aryl methyl sites for hydroxylation is 1. The van der Waals surface area contributed by atoms with Gasteiger partial charge in [0.15, 0.2) is 11.6 Å². The predicted octanol–water partition coefficient (Wildman–Crippen LogP) is 3.52. The molecule has 0 fully saturated rings. The molecule has 0 saturated carbocycles. The van der Waals surface area contributed by atoms with Gasteiger partial charge >= 0.3 is 0 Å². The predicted molar refractivity (Wildman–Crippen MR) is 101 cm³/mol. The summed E-state index contributed by atoms with van der Waals surface area (Å²) < 4.78 is 13.6. The number of hydrogen-bond acceptors (Lipinski definition) is 5. The molecule has 2 N–H and O–H groups in total. The third kappa shape index (κ3) is 3.01. The monoisotopic (exact) mass is 360 g/mol. The van der Waals surface area contributed by atoms with Crippen LogP contribution in [0.25, 0.3) is 22.4 Å². The van der Waals surface area contributed by atoms with Gasteiger partial charge in [-0.15, -0.1) is 0 Å². The molecule has 134 valence electrons. The summed E-state index contributed by atoms with van der Waals surface area (Å²) >= 11 is 0. The Bertz CT molecular complexity index is 1120. The lowest BCUT2D eigenvalue weighted by molar-refractivity contribution is 0.604. The zero-order valence-corrected chi connectivity index (χ0v) is 14.5. The van der Waals surface area contributed by atoms with Crippen LogP contribution in [0.5, 0.6) is 0 Å².